The van der Waals surface area contributed by atoms with Crippen molar-refractivity contribution < 1.29 is 4.74 Å². The van der Waals surface area contributed by atoms with Gasteiger partial charge >= 0.3 is 0 Å². The van der Waals surface area contributed by atoms with Gasteiger partial charge in [0.1, 0.15) is 5.69 Å². The van der Waals surface area contributed by atoms with Crippen molar-refractivity contribution in [2.45, 2.75) is 33.6 Å². The summed E-state index contributed by atoms with van der Waals surface area (Å²) in [6.45, 7) is 7.02. The van der Waals surface area contributed by atoms with Crippen LogP contribution >= 0.6 is 12.6 Å². The highest BCUT2D eigenvalue weighted by Crippen LogP contribution is 2.22. The summed E-state index contributed by atoms with van der Waals surface area (Å²) in [4.78, 5) is 0. The average Bonchev–Trinajstić information content (AvgIpc) is 2.45. The van der Waals surface area contributed by atoms with Crippen molar-refractivity contribution in [3.05, 3.63) is 11.4 Å². The number of rotatable bonds is 6. The monoisotopic (exact) mass is 242 g/mol. The fraction of sp³-hybridized carbons (Fsp3) is 0.750. The van der Waals surface area contributed by atoms with E-state index in [1.165, 1.54) is 0 Å². The Kier molecular flexibility index (Phi) is 5.19. The summed E-state index contributed by atoms with van der Waals surface area (Å²) < 4.78 is 7.66. The Labute approximate surface area is 104 Å². The van der Waals surface area contributed by atoms with Crippen LogP contribution in [-0.2, 0) is 7.05 Å². The van der Waals surface area contributed by atoms with E-state index >= 15 is 0 Å². The molecule has 0 saturated heterocycles. The van der Waals surface area contributed by atoms with Crippen LogP contribution < -0.4 is 4.74 Å². The molecule has 0 spiro atoms. The molecule has 16 heavy (non-hydrogen) atoms. The van der Waals surface area contributed by atoms with Crippen LogP contribution in [0.4, 0.5) is 0 Å². The Bertz CT molecular complexity index is 336. The van der Waals surface area contributed by atoms with E-state index < -0.39 is 0 Å². The number of ether oxygens (including phenoxy) is 1. The van der Waals surface area contributed by atoms with Crippen LogP contribution in [0.1, 0.15) is 31.2 Å². The third-order valence-electron chi connectivity index (χ3n) is 2.92. The fourth-order valence-electron chi connectivity index (χ4n) is 1.69. The molecule has 0 saturated carbocycles. The molecule has 0 aliphatic carbocycles. The molecule has 1 rings (SSSR count). The third kappa shape index (κ3) is 3.44. The van der Waals surface area contributed by atoms with E-state index in [0.717, 1.165) is 42.3 Å². The van der Waals surface area contributed by atoms with Crippen LogP contribution in [0.2, 0.25) is 0 Å². The molecule has 0 N–H and O–H groups in total. The smallest absolute Gasteiger partial charge is 0.162 e. The third-order valence-corrected chi connectivity index (χ3v) is 3.18. The first-order valence-corrected chi connectivity index (χ1v) is 6.43. The van der Waals surface area contributed by atoms with Gasteiger partial charge in [0, 0.05) is 7.05 Å². The summed E-state index contributed by atoms with van der Waals surface area (Å²) in [5, 5.41) is 4.32. The molecule has 1 aromatic heterocycles. The summed E-state index contributed by atoms with van der Waals surface area (Å²) in [5.41, 5.74) is 2.07. The number of hydrogen-bond donors (Lipinski definition) is 1. The Morgan fingerprint density at radius 1 is 1.38 bits per heavy atom. The van der Waals surface area contributed by atoms with Crippen molar-refractivity contribution in [3.63, 3.8) is 0 Å². The van der Waals surface area contributed by atoms with E-state index in [-0.39, 0.29) is 0 Å². The van der Waals surface area contributed by atoms with Gasteiger partial charge in [0.05, 0.1) is 12.3 Å². The van der Waals surface area contributed by atoms with Crippen molar-refractivity contribution >= 4 is 12.6 Å². The van der Waals surface area contributed by atoms with E-state index in [1.54, 1.807) is 0 Å². The molecular formula is C12H22N2OS. The van der Waals surface area contributed by atoms with Gasteiger partial charge in [-0.1, -0.05) is 6.92 Å². The van der Waals surface area contributed by atoms with Crippen LogP contribution in [0.15, 0.2) is 0 Å². The first-order chi connectivity index (χ1) is 7.56. The van der Waals surface area contributed by atoms with Gasteiger partial charge in [-0.2, -0.15) is 17.7 Å². The van der Waals surface area contributed by atoms with Gasteiger partial charge in [-0.3, -0.25) is 4.68 Å². The molecule has 1 heterocycles. The van der Waals surface area contributed by atoms with E-state index in [1.807, 2.05) is 25.6 Å². The second-order valence-corrected chi connectivity index (χ2v) is 4.83. The van der Waals surface area contributed by atoms with Crippen molar-refractivity contribution in [1.29, 1.82) is 0 Å². The highest BCUT2D eigenvalue weighted by molar-refractivity contribution is 7.80. The quantitative estimate of drug-likeness (QED) is 0.777. The molecular weight excluding hydrogens is 220 g/mol. The van der Waals surface area contributed by atoms with Gasteiger partial charge in [0.15, 0.2) is 5.75 Å². The second kappa shape index (κ2) is 6.18. The summed E-state index contributed by atoms with van der Waals surface area (Å²) in [7, 11) is 1.94. The summed E-state index contributed by atoms with van der Waals surface area (Å²) >= 11 is 4.23. The molecule has 1 unspecified atom stereocenters. The maximum Gasteiger partial charge on any atom is 0.162 e. The number of thiol groups is 1. The van der Waals surface area contributed by atoms with Crippen LogP contribution in [0, 0.1) is 19.8 Å². The predicted molar refractivity (Wildman–Crippen MR) is 70.4 cm³/mol. The highest BCUT2D eigenvalue weighted by atomic mass is 32.1. The van der Waals surface area contributed by atoms with Gasteiger partial charge in [-0.25, -0.2) is 0 Å². The molecule has 0 aliphatic heterocycles. The van der Waals surface area contributed by atoms with Gasteiger partial charge in [0.2, 0.25) is 0 Å². The fourth-order valence-corrected chi connectivity index (χ4v) is 2.13. The van der Waals surface area contributed by atoms with Crippen molar-refractivity contribution in [2.75, 3.05) is 12.4 Å². The lowest BCUT2D eigenvalue weighted by Gasteiger charge is -2.11. The highest BCUT2D eigenvalue weighted by Gasteiger charge is 2.10. The van der Waals surface area contributed by atoms with Crippen LogP contribution in [0.5, 0.6) is 5.75 Å². The molecule has 0 bridgehead atoms. The normalized spacial score (nSPS) is 12.8. The number of hydrogen-bond acceptors (Lipinski definition) is 3. The van der Waals surface area contributed by atoms with Gasteiger partial charge in [-0.15, -0.1) is 0 Å². The van der Waals surface area contributed by atoms with Crippen molar-refractivity contribution in [3.8, 4) is 5.75 Å². The number of aryl methyl sites for hydroxylation is 2. The number of nitrogens with zero attached hydrogens (tertiary/aromatic N) is 2. The first-order valence-electron chi connectivity index (χ1n) is 5.80. The molecule has 92 valence electrons. The molecule has 0 fully saturated rings. The zero-order valence-corrected chi connectivity index (χ0v) is 11.6. The second-order valence-electron chi connectivity index (χ2n) is 4.38. The molecule has 0 aliphatic rings. The SMILES string of the molecule is Cc1nn(C)c(C)c1OCCC(C)CCS. The summed E-state index contributed by atoms with van der Waals surface area (Å²) in [6, 6.07) is 0. The van der Waals surface area contributed by atoms with Crippen LogP contribution in [0.3, 0.4) is 0 Å². The maximum absolute atomic E-state index is 5.80. The van der Waals surface area contributed by atoms with E-state index in [9.17, 15) is 0 Å². The first kappa shape index (κ1) is 13.4. The minimum atomic E-state index is 0.676. The lowest BCUT2D eigenvalue weighted by atomic mass is 10.1. The zero-order valence-electron chi connectivity index (χ0n) is 10.7. The van der Waals surface area contributed by atoms with E-state index in [0.29, 0.717) is 5.92 Å². The maximum atomic E-state index is 5.80. The minimum Gasteiger partial charge on any atom is -0.490 e. The average molecular weight is 242 g/mol. The molecule has 0 radical (unpaired) electrons. The zero-order chi connectivity index (χ0) is 12.1. The van der Waals surface area contributed by atoms with Gasteiger partial charge < -0.3 is 4.74 Å². The molecule has 0 amide bonds. The Morgan fingerprint density at radius 2 is 2.06 bits per heavy atom. The largest absolute Gasteiger partial charge is 0.490 e. The minimum absolute atomic E-state index is 0.676. The van der Waals surface area contributed by atoms with E-state index in [4.69, 9.17) is 4.74 Å². The van der Waals surface area contributed by atoms with E-state index in [2.05, 4.69) is 24.7 Å². The van der Waals surface area contributed by atoms with Gasteiger partial charge in [-0.05, 0) is 38.4 Å². The molecule has 4 heteroatoms. The molecule has 3 nitrogen and oxygen atoms in total. The Morgan fingerprint density at radius 3 is 2.56 bits per heavy atom. The lowest BCUT2D eigenvalue weighted by Crippen LogP contribution is -2.05. The summed E-state index contributed by atoms with van der Waals surface area (Å²) in [6.07, 6.45) is 2.23. The Hall–Kier alpha value is -0.640. The topological polar surface area (TPSA) is 27.1 Å². The number of aromatic nitrogens is 2. The predicted octanol–water partition coefficient (Wildman–Crippen LogP) is 2.76. The Balaban J connectivity index is 2.43. The van der Waals surface area contributed by atoms with Crippen LogP contribution in [-0.4, -0.2) is 22.1 Å². The standard InChI is InChI=1S/C12H22N2OS/c1-9(6-8-16)5-7-15-12-10(2)13-14(4)11(12)3/h9,16H,5-8H2,1-4H3. The molecule has 0 aromatic carbocycles. The van der Waals surface area contributed by atoms with Crippen molar-refractivity contribution in [1.82, 2.24) is 9.78 Å². The van der Waals surface area contributed by atoms with Crippen molar-refractivity contribution in [2.24, 2.45) is 13.0 Å². The lowest BCUT2D eigenvalue weighted by molar-refractivity contribution is 0.279. The molecule has 1 aromatic rings. The van der Waals surface area contributed by atoms with Crippen LogP contribution in [0.25, 0.3) is 0 Å². The molecule has 1 atom stereocenters. The summed E-state index contributed by atoms with van der Waals surface area (Å²) in [5.74, 6) is 2.57. The van der Waals surface area contributed by atoms with Gasteiger partial charge in [0.25, 0.3) is 0 Å².